The minimum Gasteiger partial charge on any atom is -0.339 e. The Morgan fingerprint density at radius 3 is 2.65 bits per heavy atom. The van der Waals surface area contributed by atoms with Gasteiger partial charge in [0.1, 0.15) is 0 Å². The molecule has 0 bridgehead atoms. The van der Waals surface area contributed by atoms with Crippen molar-refractivity contribution in [3.63, 3.8) is 0 Å². The summed E-state index contributed by atoms with van der Waals surface area (Å²) in [7, 11) is 0. The van der Waals surface area contributed by atoms with Crippen LogP contribution >= 0.6 is 0 Å². The first-order chi connectivity index (χ1) is 9.69. The summed E-state index contributed by atoms with van der Waals surface area (Å²) in [6.45, 7) is 7.22. The van der Waals surface area contributed by atoms with E-state index in [4.69, 9.17) is 4.52 Å². The molecule has 20 heavy (non-hydrogen) atoms. The van der Waals surface area contributed by atoms with E-state index in [2.05, 4.69) is 36.2 Å². The van der Waals surface area contributed by atoms with Crippen LogP contribution in [0.15, 0.2) is 4.52 Å². The largest absolute Gasteiger partial charge is 0.339 e. The van der Waals surface area contributed by atoms with E-state index in [0.29, 0.717) is 18.5 Å². The summed E-state index contributed by atoms with van der Waals surface area (Å²) >= 11 is 0. The van der Waals surface area contributed by atoms with Gasteiger partial charge in [0.25, 0.3) is 0 Å². The van der Waals surface area contributed by atoms with Gasteiger partial charge in [-0.3, -0.25) is 0 Å². The minimum atomic E-state index is 0.450. The number of nitrogens with zero attached hydrogens (tertiary/aromatic N) is 2. The Balaban J connectivity index is 1.78. The molecule has 1 fully saturated rings. The van der Waals surface area contributed by atoms with E-state index in [0.717, 1.165) is 17.6 Å². The van der Waals surface area contributed by atoms with Crippen LogP contribution in [0.3, 0.4) is 0 Å². The van der Waals surface area contributed by atoms with Gasteiger partial charge in [-0.1, -0.05) is 45.2 Å². The first-order valence-corrected chi connectivity index (χ1v) is 8.25. The lowest BCUT2D eigenvalue weighted by molar-refractivity contribution is 0.260. The molecule has 2 rings (SSSR count). The summed E-state index contributed by atoms with van der Waals surface area (Å²) in [5, 5.41) is 7.41. The molecule has 4 heteroatoms. The first-order valence-electron chi connectivity index (χ1n) is 8.25. The standard InChI is InChI=1S/C16H29N3O/c1-4-5-6-13-7-9-14(10-8-13)16-18-15(19-20-16)11-17-12(2)3/h12-14,17H,4-11H2,1-3H3. The number of nitrogens with one attached hydrogen (secondary N) is 1. The number of rotatable bonds is 7. The maximum atomic E-state index is 5.45. The van der Waals surface area contributed by atoms with E-state index < -0.39 is 0 Å². The van der Waals surface area contributed by atoms with Crippen molar-refractivity contribution in [2.75, 3.05) is 0 Å². The Morgan fingerprint density at radius 1 is 1.25 bits per heavy atom. The van der Waals surface area contributed by atoms with E-state index in [-0.39, 0.29) is 0 Å². The lowest BCUT2D eigenvalue weighted by Crippen LogP contribution is -2.22. The lowest BCUT2D eigenvalue weighted by atomic mass is 9.80. The van der Waals surface area contributed by atoms with Gasteiger partial charge in [-0.05, 0) is 31.6 Å². The third-order valence-electron chi connectivity index (χ3n) is 4.31. The quantitative estimate of drug-likeness (QED) is 0.818. The van der Waals surface area contributed by atoms with Crippen molar-refractivity contribution in [3.05, 3.63) is 11.7 Å². The predicted molar refractivity (Wildman–Crippen MR) is 80.5 cm³/mol. The molecule has 4 nitrogen and oxygen atoms in total. The highest BCUT2D eigenvalue weighted by atomic mass is 16.5. The molecule has 0 spiro atoms. The molecule has 0 amide bonds. The Labute approximate surface area is 122 Å². The van der Waals surface area contributed by atoms with Gasteiger partial charge in [0, 0.05) is 12.0 Å². The van der Waals surface area contributed by atoms with Crippen molar-refractivity contribution in [1.29, 1.82) is 0 Å². The van der Waals surface area contributed by atoms with Crippen LogP contribution in [0.25, 0.3) is 0 Å². The molecule has 1 saturated carbocycles. The fourth-order valence-corrected chi connectivity index (χ4v) is 2.99. The van der Waals surface area contributed by atoms with Crippen LogP contribution in [0.5, 0.6) is 0 Å². The van der Waals surface area contributed by atoms with Crippen molar-refractivity contribution in [2.45, 2.75) is 84.2 Å². The number of hydrogen-bond donors (Lipinski definition) is 1. The highest BCUT2D eigenvalue weighted by Gasteiger charge is 2.26. The molecule has 1 aromatic heterocycles. The SMILES string of the molecule is CCCCC1CCC(c2nc(CNC(C)C)no2)CC1. The summed E-state index contributed by atoms with van der Waals surface area (Å²) < 4.78 is 5.45. The van der Waals surface area contributed by atoms with Crippen molar-refractivity contribution in [2.24, 2.45) is 5.92 Å². The molecule has 1 heterocycles. The fraction of sp³-hybridized carbons (Fsp3) is 0.875. The molecule has 0 atom stereocenters. The Hall–Kier alpha value is -0.900. The maximum absolute atomic E-state index is 5.45. The molecule has 1 N–H and O–H groups in total. The summed E-state index contributed by atoms with van der Waals surface area (Å²) in [5.41, 5.74) is 0. The van der Waals surface area contributed by atoms with Crippen molar-refractivity contribution < 1.29 is 4.52 Å². The van der Waals surface area contributed by atoms with E-state index in [1.54, 1.807) is 0 Å². The molecular formula is C16H29N3O. The molecule has 0 radical (unpaired) electrons. The second kappa shape index (κ2) is 7.77. The average Bonchev–Trinajstić information content (AvgIpc) is 2.92. The van der Waals surface area contributed by atoms with Crippen molar-refractivity contribution >= 4 is 0 Å². The van der Waals surface area contributed by atoms with Gasteiger partial charge in [0.05, 0.1) is 6.54 Å². The fourth-order valence-electron chi connectivity index (χ4n) is 2.99. The molecule has 1 aliphatic rings. The van der Waals surface area contributed by atoms with E-state index in [9.17, 15) is 0 Å². The average molecular weight is 279 g/mol. The van der Waals surface area contributed by atoms with Gasteiger partial charge < -0.3 is 9.84 Å². The second-order valence-corrected chi connectivity index (χ2v) is 6.44. The minimum absolute atomic E-state index is 0.450. The third-order valence-corrected chi connectivity index (χ3v) is 4.31. The summed E-state index contributed by atoms with van der Waals surface area (Å²) in [6, 6.07) is 0.450. The van der Waals surface area contributed by atoms with Crippen LogP contribution in [0.4, 0.5) is 0 Å². The Kier molecular flexibility index (Phi) is 6.02. The smallest absolute Gasteiger partial charge is 0.229 e. The van der Waals surface area contributed by atoms with Gasteiger partial charge in [-0.25, -0.2) is 0 Å². The molecule has 0 aromatic carbocycles. The number of aromatic nitrogens is 2. The first kappa shape index (κ1) is 15.5. The van der Waals surface area contributed by atoms with Gasteiger partial charge in [0.15, 0.2) is 5.82 Å². The second-order valence-electron chi connectivity index (χ2n) is 6.44. The van der Waals surface area contributed by atoms with E-state index in [1.807, 2.05) is 0 Å². The Bertz CT molecular complexity index is 381. The van der Waals surface area contributed by atoms with Gasteiger partial charge >= 0.3 is 0 Å². The highest BCUT2D eigenvalue weighted by Crippen LogP contribution is 2.36. The summed E-state index contributed by atoms with van der Waals surface area (Å²) in [5.74, 6) is 3.07. The normalized spacial score (nSPS) is 23.4. The monoisotopic (exact) mass is 279 g/mol. The summed E-state index contributed by atoms with van der Waals surface area (Å²) in [4.78, 5) is 4.55. The van der Waals surface area contributed by atoms with Crippen LogP contribution in [-0.4, -0.2) is 16.2 Å². The van der Waals surface area contributed by atoms with Gasteiger partial charge in [0.2, 0.25) is 5.89 Å². The molecule has 114 valence electrons. The highest BCUT2D eigenvalue weighted by molar-refractivity contribution is 4.96. The molecular weight excluding hydrogens is 250 g/mol. The third kappa shape index (κ3) is 4.58. The molecule has 1 aromatic rings. The number of hydrogen-bond acceptors (Lipinski definition) is 4. The van der Waals surface area contributed by atoms with Crippen LogP contribution < -0.4 is 5.32 Å². The van der Waals surface area contributed by atoms with Gasteiger partial charge in [-0.2, -0.15) is 4.98 Å². The number of unbranched alkanes of at least 4 members (excludes halogenated alkanes) is 1. The molecule has 1 aliphatic carbocycles. The summed E-state index contributed by atoms with van der Waals surface area (Å²) in [6.07, 6.45) is 9.17. The zero-order chi connectivity index (χ0) is 14.4. The molecule has 0 saturated heterocycles. The van der Waals surface area contributed by atoms with E-state index in [1.165, 1.54) is 44.9 Å². The van der Waals surface area contributed by atoms with Crippen LogP contribution in [0.1, 0.15) is 83.3 Å². The van der Waals surface area contributed by atoms with Crippen LogP contribution in [0, 0.1) is 5.92 Å². The maximum Gasteiger partial charge on any atom is 0.229 e. The molecule has 0 unspecified atom stereocenters. The van der Waals surface area contributed by atoms with Crippen LogP contribution in [0.2, 0.25) is 0 Å². The zero-order valence-corrected chi connectivity index (χ0v) is 13.2. The van der Waals surface area contributed by atoms with Gasteiger partial charge in [-0.15, -0.1) is 0 Å². The topological polar surface area (TPSA) is 51.0 Å². The van der Waals surface area contributed by atoms with Crippen molar-refractivity contribution in [1.82, 2.24) is 15.5 Å². The van der Waals surface area contributed by atoms with Crippen molar-refractivity contribution in [3.8, 4) is 0 Å². The molecule has 0 aliphatic heterocycles. The van der Waals surface area contributed by atoms with E-state index >= 15 is 0 Å². The zero-order valence-electron chi connectivity index (χ0n) is 13.2. The Morgan fingerprint density at radius 2 is 2.00 bits per heavy atom. The lowest BCUT2D eigenvalue weighted by Gasteiger charge is -2.26. The predicted octanol–water partition coefficient (Wildman–Crippen LogP) is 4.03. The van der Waals surface area contributed by atoms with Crippen LogP contribution in [-0.2, 0) is 6.54 Å².